The van der Waals surface area contributed by atoms with Gasteiger partial charge >= 0.3 is 0 Å². The molecule has 194 valence electrons. The maximum absolute atomic E-state index is 14.0. The fourth-order valence-electron chi connectivity index (χ4n) is 6.71. The number of hydrogen-bond acceptors (Lipinski definition) is 3. The van der Waals surface area contributed by atoms with Crippen LogP contribution in [0.2, 0.25) is 0 Å². The largest absolute Gasteiger partial charge is 0.493 e. The SMILES string of the molecule is COc1cc2c3c(c4c(c2cc1OC)-c1ccccc1C4(C)C)C=CC(C1=CC=CC1)(c1ccc(F)cc1)O3. The van der Waals surface area contributed by atoms with Gasteiger partial charge < -0.3 is 14.2 Å². The van der Waals surface area contributed by atoms with Gasteiger partial charge in [-0.15, -0.1) is 0 Å². The molecule has 0 bridgehead atoms. The predicted molar refractivity (Wildman–Crippen MR) is 154 cm³/mol. The van der Waals surface area contributed by atoms with Crippen LogP contribution >= 0.6 is 0 Å². The first-order valence-electron chi connectivity index (χ1n) is 13.3. The van der Waals surface area contributed by atoms with Gasteiger partial charge in [0.2, 0.25) is 0 Å². The summed E-state index contributed by atoms with van der Waals surface area (Å²) in [4.78, 5) is 0. The zero-order valence-corrected chi connectivity index (χ0v) is 22.5. The van der Waals surface area contributed by atoms with Gasteiger partial charge in [0.1, 0.15) is 11.6 Å². The summed E-state index contributed by atoms with van der Waals surface area (Å²) in [5.74, 6) is 1.84. The number of methoxy groups -OCH3 is 2. The molecule has 2 aliphatic carbocycles. The Bertz CT molecular complexity index is 1760. The Labute approximate surface area is 227 Å². The van der Waals surface area contributed by atoms with E-state index in [1.807, 2.05) is 18.2 Å². The van der Waals surface area contributed by atoms with E-state index in [2.05, 4.69) is 74.6 Å². The van der Waals surface area contributed by atoms with E-state index in [-0.39, 0.29) is 11.2 Å². The standard InChI is InChI=1S/C35H29FO3/c1-34(2)28-12-8-7-11-24(28)31-26-19-29(37-3)30(38-4)20-27(26)33-25(32(31)34)17-18-35(39-33,21-9-5-6-10-21)22-13-15-23(36)16-14-22/h5-9,11-20H,10H2,1-4H3. The Balaban J connectivity index is 1.59. The van der Waals surface area contributed by atoms with Crippen LogP contribution in [0.25, 0.3) is 28.0 Å². The van der Waals surface area contributed by atoms with Crippen LogP contribution in [0.5, 0.6) is 17.2 Å². The van der Waals surface area contributed by atoms with Crippen LogP contribution in [0, 0.1) is 5.82 Å². The van der Waals surface area contributed by atoms with Crippen molar-refractivity contribution in [1.82, 2.24) is 0 Å². The van der Waals surface area contributed by atoms with Crippen LogP contribution in [0.3, 0.4) is 0 Å². The molecule has 3 nitrogen and oxygen atoms in total. The molecule has 4 heteroatoms. The molecule has 0 N–H and O–H groups in total. The number of hydrogen-bond donors (Lipinski definition) is 0. The minimum atomic E-state index is -0.867. The molecule has 1 heterocycles. The number of fused-ring (bicyclic) bond motifs is 8. The normalized spacial score (nSPS) is 19.8. The maximum Gasteiger partial charge on any atom is 0.174 e. The second kappa shape index (κ2) is 8.34. The zero-order valence-electron chi connectivity index (χ0n) is 22.5. The van der Waals surface area contributed by atoms with Crippen molar-refractivity contribution in [3.8, 4) is 28.4 Å². The minimum absolute atomic E-state index is 0.241. The van der Waals surface area contributed by atoms with Gasteiger partial charge in [-0.2, -0.15) is 0 Å². The molecule has 7 rings (SSSR count). The van der Waals surface area contributed by atoms with Gasteiger partial charge in [0, 0.05) is 21.9 Å². The van der Waals surface area contributed by atoms with Crippen molar-refractivity contribution in [2.75, 3.05) is 14.2 Å². The Morgan fingerprint density at radius 1 is 0.897 bits per heavy atom. The number of ether oxygens (including phenoxy) is 3. The molecule has 0 fully saturated rings. The lowest BCUT2D eigenvalue weighted by Crippen LogP contribution is -2.35. The Kier molecular flexibility index (Phi) is 5.09. The summed E-state index contributed by atoms with van der Waals surface area (Å²) in [6, 6.07) is 19.4. The van der Waals surface area contributed by atoms with Gasteiger partial charge in [-0.05, 0) is 70.0 Å². The van der Waals surface area contributed by atoms with Crippen molar-refractivity contribution in [3.05, 3.63) is 119 Å². The van der Waals surface area contributed by atoms with E-state index in [4.69, 9.17) is 14.2 Å². The number of rotatable bonds is 4. The van der Waals surface area contributed by atoms with E-state index in [0.29, 0.717) is 11.5 Å². The van der Waals surface area contributed by atoms with E-state index in [0.717, 1.165) is 39.6 Å². The summed E-state index contributed by atoms with van der Waals surface area (Å²) in [7, 11) is 3.32. The van der Waals surface area contributed by atoms with E-state index >= 15 is 0 Å². The highest BCUT2D eigenvalue weighted by molar-refractivity contribution is 6.09. The van der Waals surface area contributed by atoms with Gasteiger partial charge in [0.15, 0.2) is 17.1 Å². The number of allylic oxidation sites excluding steroid dienone is 3. The molecule has 1 atom stereocenters. The average Bonchev–Trinajstić information content (AvgIpc) is 3.58. The molecule has 0 spiro atoms. The average molecular weight is 517 g/mol. The first-order chi connectivity index (χ1) is 18.9. The molecule has 0 aromatic heterocycles. The first kappa shape index (κ1) is 23.8. The van der Waals surface area contributed by atoms with Crippen molar-refractivity contribution in [2.24, 2.45) is 0 Å². The molecule has 0 saturated carbocycles. The van der Waals surface area contributed by atoms with E-state index in [1.54, 1.807) is 14.2 Å². The van der Waals surface area contributed by atoms with Gasteiger partial charge in [0.25, 0.3) is 0 Å². The van der Waals surface area contributed by atoms with E-state index in [9.17, 15) is 4.39 Å². The summed E-state index contributed by atoms with van der Waals surface area (Å²) in [5, 5.41) is 2.01. The fraction of sp³-hybridized carbons (Fsp3) is 0.200. The van der Waals surface area contributed by atoms with Crippen molar-refractivity contribution >= 4 is 16.8 Å². The van der Waals surface area contributed by atoms with Crippen molar-refractivity contribution in [1.29, 1.82) is 0 Å². The highest BCUT2D eigenvalue weighted by atomic mass is 19.1. The summed E-state index contributed by atoms with van der Waals surface area (Å²) in [6.45, 7) is 4.56. The van der Waals surface area contributed by atoms with Crippen LogP contribution in [-0.2, 0) is 11.0 Å². The highest BCUT2D eigenvalue weighted by Gasteiger charge is 2.45. The van der Waals surface area contributed by atoms with Gasteiger partial charge in [-0.25, -0.2) is 4.39 Å². The smallest absolute Gasteiger partial charge is 0.174 e. The third-order valence-electron chi connectivity index (χ3n) is 8.57. The topological polar surface area (TPSA) is 27.7 Å². The molecule has 4 aromatic rings. The molecule has 4 aromatic carbocycles. The van der Waals surface area contributed by atoms with Gasteiger partial charge in [0.05, 0.1) is 14.2 Å². The van der Waals surface area contributed by atoms with E-state index in [1.165, 1.54) is 34.4 Å². The number of benzene rings is 4. The summed E-state index contributed by atoms with van der Waals surface area (Å²) >= 11 is 0. The second-order valence-corrected chi connectivity index (χ2v) is 10.9. The summed E-state index contributed by atoms with van der Waals surface area (Å²) < 4.78 is 32.7. The second-order valence-electron chi connectivity index (χ2n) is 10.9. The quantitative estimate of drug-likeness (QED) is 0.272. The fourth-order valence-corrected chi connectivity index (χ4v) is 6.71. The lowest BCUT2D eigenvalue weighted by Gasteiger charge is -2.39. The first-order valence-corrected chi connectivity index (χ1v) is 13.3. The molecule has 0 amide bonds. The van der Waals surface area contributed by atoms with Crippen molar-refractivity contribution in [3.63, 3.8) is 0 Å². The van der Waals surface area contributed by atoms with Crippen LogP contribution in [-0.4, -0.2) is 14.2 Å². The minimum Gasteiger partial charge on any atom is -0.493 e. The summed E-state index contributed by atoms with van der Waals surface area (Å²) in [5.41, 5.74) is 6.90. The molecular weight excluding hydrogens is 487 g/mol. The lowest BCUT2D eigenvalue weighted by molar-refractivity contribution is 0.156. The Morgan fingerprint density at radius 2 is 1.62 bits per heavy atom. The molecule has 39 heavy (non-hydrogen) atoms. The van der Waals surface area contributed by atoms with Gasteiger partial charge in [-0.1, -0.05) is 74.5 Å². The number of halogens is 1. The van der Waals surface area contributed by atoms with Crippen LogP contribution in [0.15, 0.2) is 90.5 Å². The molecule has 0 saturated heterocycles. The van der Waals surface area contributed by atoms with E-state index < -0.39 is 5.60 Å². The zero-order chi connectivity index (χ0) is 26.9. The van der Waals surface area contributed by atoms with Crippen molar-refractivity contribution in [2.45, 2.75) is 31.3 Å². The molecule has 1 aliphatic heterocycles. The van der Waals surface area contributed by atoms with Crippen LogP contribution in [0.1, 0.15) is 42.5 Å². The Morgan fingerprint density at radius 3 is 2.31 bits per heavy atom. The monoisotopic (exact) mass is 516 g/mol. The molecule has 1 unspecified atom stereocenters. The maximum atomic E-state index is 14.0. The third kappa shape index (κ3) is 3.21. The van der Waals surface area contributed by atoms with Crippen molar-refractivity contribution < 1.29 is 18.6 Å². The Hall–Kier alpha value is -4.31. The van der Waals surface area contributed by atoms with Crippen LogP contribution < -0.4 is 14.2 Å². The summed E-state index contributed by atoms with van der Waals surface area (Å²) in [6.07, 6.45) is 11.4. The molecule has 3 aliphatic rings. The molecular formula is C35H29FO3. The van der Waals surface area contributed by atoms with Crippen LogP contribution in [0.4, 0.5) is 4.39 Å². The highest BCUT2D eigenvalue weighted by Crippen LogP contribution is 2.59. The van der Waals surface area contributed by atoms with Gasteiger partial charge in [-0.3, -0.25) is 0 Å². The third-order valence-corrected chi connectivity index (χ3v) is 8.57. The predicted octanol–water partition coefficient (Wildman–Crippen LogP) is 8.49. The lowest BCUT2D eigenvalue weighted by atomic mass is 9.76. The molecule has 0 radical (unpaired) electrons.